The van der Waals surface area contributed by atoms with Crippen molar-refractivity contribution in [3.05, 3.63) is 140 Å². The molecule has 0 radical (unpaired) electrons. The number of aromatic hydroxyl groups is 5. The summed E-state index contributed by atoms with van der Waals surface area (Å²) in [6.45, 7) is 0. The molecule has 0 aliphatic heterocycles. The van der Waals surface area contributed by atoms with E-state index in [0.29, 0.717) is 5.56 Å². The van der Waals surface area contributed by atoms with Crippen LogP contribution in [0.5, 0.6) is 28.7 Å². The first-order valence-corrected chi connectivity index (χ1v) is 16.1. The van der Waals surface area contributed by atoms with E-state index in [1.54, 1.807) is 6.07 Å². The van der Waals surface area contributed by atoms with Crippen LogP contribution in [-0.4, -0.2) is 25.5 Å². The van der Waals surface area contributed by atoms with Crippen LogP contribution in [0.3, 0.4) is 0 Å². The van der Waals surface area contributed by atoms with Gasteiger partial charge in [-0.15, -0.1) is 0 Å². The van der Waals surface area contributed by atoms with E-state index >= 15 is 0 Å². The molecular weight excluding hydrogens is 624 g/mol. The van der Waals surface area contributed by atoms with E-state index in [1.165, 1.54) is 0 Å². The molecule has 0 aliphatic carbocycles. The normalized spacial score (nSPS) is 11.6. The zero-order valence-corrected chi connectivity index (χ0v) is 26.4. The summed E-state index contributed by atoms with van der Waals surface area (Å²) in [6.07, 6.45) is 0. The Balaban J connectivity index is 1.34. The van der Waals surface area contributed by atoms with Crippen molar-refractivity contribution in [2.24, 2.45) is 0 Å². The number of benzene rings is 8. The molecule has 0 aliphatic rings. The van der Waals surface area contributed by atoms with Crippen LogP contribution < -0.4 is 0 Å². The van der Waals surface area contributed by atoms with Gasteiger partial charge in [0, 0.05) is 10.8 Å². The standard InChI is InChI=1S/C44H28O6/c45-40-39(41(46)43(48)44(49)42(40)47)28-17-19-32-34(23-28)38(31-15-5-4-14-30(31)37(32)24-9-2-1-3-10-24)27-12-8-11-25(21-27)26-18-20-36-33(22-26)29-13-6-7-16-35(29)50-36/h1-23,45-49H. The van der Waals surface area contributed by atoms with Crippen LogP contribution in [0, 0.1) is 0 Å². The molecule has 0 amide bonds. The molecule has 0 atom stereocenters. The molecule has 6 nitrogen and oxygen atoms in total. The fourth-order valence-electron chi connectivity index (χ4n) is 7.28. The average molecular weight is 653 g/mol. The number of fused-ring (bicyclic) bond motifs is 5. The lowest BCUT2D eigenvalue weighted by atomic mass is 9.84. The molecule has 0 saturated heterocycles. The maximum Gasteiger partial charge on any atom is 0.208 e. The quantitative estimate of drug-likeness (QED) is 0.0734. The molecule has 1 aromatic heterocycles. The van der Waals surface area contributed by atoms with Gasteiger partial charge in [0.1, 0.15) is 11.2 Å². The Bertz CT molecular complexity index is 2790. The minimum absolute atomic E-state index is 0.200. The van der Waals surface area contributed by atoms with E-state index in [-0.39, 0.29) is 5.56 Å². The first-order valence-electron chi connectivity index (χ1n) is 16.1. The molecule has 5 N–H and O–H groups in total. The van der Waals surface area contributed by atoms with E-state index < -0.39 is 28.7 Å². The average Bonchev–Trinajstić information content (AvgIpc) is 3.54. The van der Waals surface area contributed by atoms with Crippen molar-refractivity contribution < 1.29 is 29.9 Å². The third-order valence-electron chi connectivity index (χ3n) is 9.61. The van der Waals surface area contributed by atoms with E-state index in [4.69, 9.17) is 4.42 Å². The van der Waals surface area contributed by atoms with E-state index in [0.717, 1.165) is 76.9 Å². The topological polar surface area (TPSA) is 114 Å². The Kier molecular flexibility index (Phi) is 6.48. The molecule has 0 saturated carbocycles. The molecule has 9 rings (SSSR count). The third kappa shape index (κ3) is 4.36. The molecule has 50 heavy (non-hydrogen) atoms. The minimum atomic E-state index is -0.999. The van der Waals surface area contributed by atoms with Gasteiger partial charge in [0.2, 0.25) is 17.2 Å². The highest BCUT2D eigenvalue weighted by Gasteiger charge is 2.25. The monoisotopic (exact) mass is 652 g/mol. The van der Waals surface area contributed by atoms with Crippen LogP contribution in [0.4, 0.5) is 0 Å². The van der Waals surface area contributed by atoms with Crippen molar-refractivity contribution in [2.45, 2.75) is 0 Å². The second-order valence-electron chi connectivity index (χ2n) is 12.4. The summed E-state index contributed by atoms with van der Waals surface area (Å²) in [6, 6.07) is 46.4. The summed E-state index contributed by atoms with van der Waals surface area (Å²) in [5, 5.41) is 58.6. The number of furan rings is 1. The van der Waals surface area contributed by atoms with Crippen LogP contribution in [0.1, 0.15) is 0 Å². The molecule has 0 fully saturated rings. The molecule has 0 spiro atoms. The van der Waals surface area contributed by atoms with Crippen LogP contribution in [0.25, 0.3) is 88.0 Å². The van der Waals surface area contributed by atoms with E-state index in [2.05, 4.69) is 60.7 Å². The lowest BCUT2D eigenvalue weighted by Crippen LogP contribution is -1.92. The summed E-state index contributed by atoms with van der Waals surface area (Å²) in [7, 11) is 0. The summed E-state index contributed by atoms with van der Waals surface area (Å²) in [4.78, 5) is 0. The maximum absolute atomic E-state index is 10.9. The van der Waals surface area contributed by atoms with Crippen molar-refractivity contribution >= 4 is 43.5 Å². The van der Waals surface area contributed by atoms with Crippen molar-refractivity contribution in [3.8, 4) is 73.3 Å². The Labute approximate surface area is 285 Å². The van der Waals surface area contributed by atoms with Crippen molar-refractivity contribution in [2.75, 3.05) is 0 Å². The summed E-state index contributed by atoms with van der Waals surface area (Å²) in [5.74, 6) is -4.33. The zero-order chi connectivity index (χ0) is 34.1. The number of phenolic OH excluding ortho intramolecular Hbond substituents is 5. The van der Waals surface area contributed by atoms with Crippen LogP contribution in [-0.2, 0) is 0 Å². The Morgan fingerprint density at radius 2 is 0.760 bits per heavy atom. The second-order valence-corrected chi connectivity index (χ2v) is 12.4. The van der Waals surface area contributed by atoms with E-state index in [1.807, 2.05) is 72.8 Å². The van der Waals surface area contributed by atoms with Gasteiger partial charge in [0.25, 0.3) is 0 Å². The molecular formula is C44H28O6. The SMILES string of the molecule is Oc1c(O)c(O)c(-c2ccc3c(-c4ccccc4)c4ccccc4c(-c4cccc(-c5ccc6oc7ccccc7c6c5)c4)c3c2)c(O)c1O. The molecule has 0 unspecified atom stereocenters. The number of phenols is 5. The number of rotatable bonds is 4. The van der Waals surface area contributed by atoms with Gasteiger partial charge in [-0.25, -0.2) is 0 Å². The smallest absolute Gasteiger partial charge is 0.208 e. The van der Waals surface area contributed by atoms with Crippen molar-refractivity contribution in [1.82, 2.24) is 0 Å². The number of hydrogen-bond donors (Lipinski definition) is 5. The van der Waals surface area contributed by atoms with Gasteiger partial charge >= 0.3 is 0 Å². The van der Waals surface area contributed by atoms with Gasteiger partial charge in [-0.05, 0) is 90.8 Å². The molecule has 1 heterocycles. The fraction of sp³-hybridized carbons (Fsp3) is 0. The zero-order valence-electron chi connectivity index (χ0n) is 26.4. The largest absolute Gasteiger partial charge is 0.504 e. The predicted molar refractivity (Wildman–Crippen MR) is 199 cm³/mol. The number of hydrogen-bond acceptors (Lipinski definition) is 6. The lowest BCUT2D eigenvalue weighted by Gasteiger charge is -2.20. The van der Waals surface area contributed by atoms with Gasteiger partial charge in [-0.1, -0.05) is 109 Å². The Morgan fingerprint density at radius 3 is 1.50 bits per heavy atom. The van der Waals surface area contributed by atoms with Crippen molar-refractivity contribution in [3.63, 3.8) is 0 Å². The Hall–Kier alpha value is -6.92. The summed E-state index contributed by atoms with van der Waals surface area (Å²) >= 11 is 0. The summed E-state index contributed by atoms with van der Waals surface area (Å²) < 4.78 is 6.09. The van der Waals surface area contributed by atoms with Crippen LogP contribution >= 0.6 is 0 Å². The highest BCUT2D eigenvalue weighted by Crippen LogP contribution is 2.55. The molecule has 6 heteroatoms. The first kappa shape index (κ1) is 29.2. The molecule has 240 valence electrons. The van der Waals surface area contributed by atoms with Crippen LogP contribution in [0.15, 0.2) is 144 Å². The van der Waals surface area contributed by atoms with Crippen molar-refractivity contribution in [1.29, 1.82) is 0 Å². The summed E-state index contributed by atoms with van der Waals surface area (Å²) in [5.41, 5.74) is 7.76. The highest BCUT2D eigenvalue weighted by atomic mass is 16.4. The Morgan fingerprint density at radius 1 is 0.280 bits per heavy atom. The number of para-hydroxylation sites is 1. The van der Waals surface area contributed by atoms with Gasteiger partial charge in [0.05, 0.1) is 5.56 Å². The second kappa shape index (κ2) is 11.1. The van der Waals surface area contributed by atoms with Gasteiger partial charge in [0.15, 0.2) is 11.5 Å². The minimum Gasteiger partial charge on any atom is -0.504 e. The highest BCUT2D eigenvalue weighted by molar-refractivity contribution is 6.22. The third-order valence-corrected chi connectivity index (χ3v) is 9.61. The molecule has 0 bridgehead atoms. The first-order chi connectivity index (χ1) is 24.4. The molecule has 8 aromatic carbocycles. The molecule has 9 aromatic rings. The van der Waals surface area contributed by atoms with E-state index in [9.17, 15) is 25.5 Å². The van der Waals surface area contributed by atoms with Gasteiger partial charge in [-0.3, -0.25) is 0 Å². The predicted octanol–water partition coefficient (Wildman–Crippen LogP) is 11.1. The van der Waals surface area contributed by atoms with Gasteiger partial charge < -0.3 is 29.9 Å². The fourth-order valence-corrected chi connectivity index (χ4v) is 7.28. The lowest BCUT2D eigenvalue weighted by molar-refractivity contribution is 0.330. The maximum atomic E-state index is 10.9. The van der Waals surface area contributed by atoms with Gasteiger partial charge in [-0.2, -0.15) is 0 Å². The van der Waals surface area contributed by atoms with Crippen LogP contribution in [0.2, 0.25) is 0 Å².